The van der Waals surface area contributed by atoms with E-state index in [9.17, 15) is 9.59 Å². The lowest BCUT2D eigenvalue weighted by atomic mass is 10.1. The van der Waals surface area contributed by atoms with Gasteiger partial charge in [-0.3, -0.25) is 4.79 Å². The average Bonchev–Trinajstić information content (AvgIpc) is 2.44. The number of likely N-dealkylation sites (N-methyl/N-ethyl adjacent to an activating group) is 1. The predicted octanol–water partition coefficient (Wildman–Crippen LogP) is 1.37. The summed E-state index contributed by atoms with van der Waals surface area (Å²) in [5, 5.41) is 28.8. The van der Waals surface area contributed by atoms with E-state index in [-0.39, 0.29) is 17.7 Å². The van der Waals surface area contributed by atoms with Gasteiger partial charge in [-0.05, 0) is 25.1 Å². The Morgan fingerprint density at radius 3 is 2.45 bits per heavy atom. The van der Waals surface area contributed by atoms with Crippen molar-refractivity contribution in [1.82, 2.24) is 4.90 Å². The summed E-state index contributed by atoms with van der Waals surface area (Å²) >= 11 is 0. The Kier molecular flexibility index (Phi) is 5.07. The summed E-state index contributed by atoms with van der Waals surface area (Å²) in [6, 6.07) is 7.40. The van der Waals surface area contributed by atoms with Crippen LogP contribution in [0.15, 0.2) is 18.2 Å². The third-order valence-electron chi connectivity index (χ3n) is 2.51. The van der Waals surface area contributed by atoms with Gasteiger partial charge in [-0.1, -0.05) is 0 Å². The number of anilines is 1. The number of benzene rings is 1. The maximum absolute atomic E-state index is 11.8. The molecule has 0 unspecified atom stereocenters. The molecule has 20 heavy (non-hydrogen) atoms. The van der Waals surface area contributed by atoms with E-state index in [2.05, 4.69) is 5.32 Å². The molecule has 0 aliphatic heterocycles. The fourth-order valence-electron chi connectivity index (χ4n) is 1.51. The van der Waals surface area contributed by atoms with Gasteiger partial charge in [0.1, 0.15) is 18.7 Å². The normalized spacial score (nSPS) is 9.15. The Labute approximate surface area is 115 Å². The molecule has 0 aliphatic rings. The first-order valence-corrected chi connectivity index (χ1v) is 5.73. The first-order chi connectivity index (χ1) is 9.51. The molecule has 1 aromatic rings. The van der Waals surface area contributed by atoms with Gasteiger partial charge in [-0.2, -0.15) is 10.5 Å². The Hall–Kier alpha value is -3.06. The number of nitrogens with zero attached hydrogens (tertiary/aromatic N) is 3. The highest BCUT2D eigenvalue weighted by molar-refractivity contribution is 5.91. The number of nitrogens with one attached hydrogen (secondary N) is 1. The zero-order valence-corrected chi connectivity index (χ0v) is 10.8. The Balaban J connectivity index is 2.88. The van der Waals surface area contributed by atoms with Crippen molar-refractivity contribution in [2.24, 2.45) is 0 Å². The van der Waals surface area contributed by atoms with Crippen molar-refractivity contribution in [3.8, 4) is 12.1 Å². The van der Waals surface area contributed by atoms with Crippen LogP contribution in [0.3, 0.4) is 0 Å². The maximum atomic E-state index is 11.8. The first-order valence-electron chi connectivity index (χ1n) is 5.73. The molecule has 0 atom stereocenters. The number of carbonyl (C=O) groups excluding carboxylic acids is 1. The molecular weight excluding hydrogens is 260 g/mol. The lowest BCUT2D eigenvalue weighted by Crippen LogP contribution is -2.38. The van der Waals surface area contributed by atoms with Crippen molar-refractivity contribution in [3.63, 3.8) is 0 Å². The monoisotopic (exact) mass is 272 g/mol. The minimum absolute atomic E-state index is 0.145. The van der Waals surface area contributed by atoms with Crippen LogP contribution in [0.25, 0.3) is 0 Å². The molecule has 0 radical (unpaired) electrons. The Morgan fingerprint density at radius 1 is 1.30 bits per heavy atom. The molecule has 102 valence electrons. The van der Waals surface area contributed by atoms with Gasteiger partial charge >= 0.3 is 12.0 Å². The van der Waals surface area contributed by atoms with Gasteiger partial charge in [-0.25, -0.2) is 4.79 Å². The van der Waals surface area contributed by atoms with E-state index < -0.39 is 18.5 Å². The van der Waals surface area contributed by atoms with Crippen LogP contribution < -0.4 is 5.32 Å². The second-order valence-electron chi connectivity index (χ2n) is 3.82. The smallest absolute Gasteiger partial charge is 0.323 e. The summed E-state index contributed by atoms with van der Waals surface area (Å²) in [5.74, 6) is -1.11. The lowest BCUT2D eigenvalue weighted by Gasteiger charge is -2.19. The van der Waals surface area contributed by atoms with E-state index in [1.54, 1.807) is 6.92 Å². The number of nitriles is 2. The molecule has 1 aromatic carbocycles. The van der Waals surface area contributed by atoms with Gasteiger partial charge < -0.3 is 15.3 Å². The number of carboxylic acids is 1. The summed E-state index contributed by atoms with van der Waals surface area (Å²) in [6.45, 7) is 1.48. The van der Waals surface area contributed by atoms with Crippen LogP contribution in [0.2, 0.25) is 0 Å². The largest absolute Gasteiger partial charge is 0.480 e. The van der Waals surface area contributed by atoms with E-state index >= 15 is 0 Å². The highest BCUT2D eigenvalue weighted by Gasteiger charge is 2.15. The van der Waals surface area contributed by atoms with Gasteiger partial charge in [0.25, 0.3) is 0 Å². The standard InChI is InChI=1S/C13H12N4O3/c1-2-17(8-12(18)19)13(20)16-11-4-3-9(6-14)10(5-11)7-15/h3-5H,2,8H2,1H3,(H,16,20)(H,18,19). The topological polar surface area (TPSA) is 117 Å². The summed E-state index contributed by atoms with van der Waals surface area (Å²) < 4.78 is 0. The average molecular weight is 272 g/mol. The van der Waals surface area contributed by atoms with Crippen molar-refractivity contribution in [3.05, 3.63) is 29.3 Å². The van der Waals surface area contributed by atoms with Gasteiger partial charge in [-0.15, -0.1) is 0 Å². The van der Waals surface area contributed by atoms with E-state index in [1.807, 2.05) is 12.1 Å². The van der Waals surface area contributed by atoms with Crippen LogP contribution in [0.5, 0.6) is 0 Å². The van der Waals surface area contributed by atoms with Crippen LogP contribution in [0.4, 0.5) is 10.5 Å². The second kappa shape index (κ2) is 6.76. The van der Waals surface area contributed by atoms with Gasteiger partial charge in [0.05, 0.1) is 11.1 Å². The number of carboxylic acid groups (broad SMARTS) is 1. The van der Waals surface area contributed by atoms with E-state index in [0.29, 0.717) is 5.69 Å². The summed E-state index contributed by atoms with van der Waals surface area (Å²) in [7, 11) is 0. The number of amides is 2. The van der Waals surface area contributed by atoms with E-state index in [4.69, 9.17) is 15.6 Å². The quantitative estimate of drug-likeness (QED) is 0.858. The molecule has 0 fully saturated rings. The molecule has 7 nitrogen and oxygen atoms in total. The molecule has 2 amide bonds. The highest BCUT2D eigenvalue weighted by atomic mass is 16.4. The van der Waals surface area contributed by atoms with E-state index in [1.165, 1.54) is 18.2 Å². The number of rotatable bonds is 4. The molecule has 0 aromatic heterocycles. The first kappa shape index (κ1) is 15.0. The molecule has 0 saturated carbocycles. The molecule has 0 saturated heterocycles. The number of aliphatic carboxylic acids is 1. The van der Waals surface area contributed by atoms with Crippen LogP contribution in [-0.2, 0) is 4.79 Å². The molecule has 7 heteroatoms. The predicted molar refractivity (Wildman–Crippen MR) is 69.8 cm³/mol. The number of hydrogen-bond donors (Lipinski definition) is 2. The summed E-state index contributed by atoms with van der Waals surface area (Å²) in [5.41, 5.74) is 0.685. The van der Waals surface area contributed by atoms with Crippen molar-refractivity contribution < 1.29 is 14.7 Å². The molecule has 2 N–H and O–H groups in total. The zero-order chi connectivity index (χ0) is 15.1. The fourth-order valence-corrected chi connectivity index (χ4v) is 1.51. The molecule has 0 bridgehead atoms. The molecule has 1 rings (SSSR count). The number of urea groups is 1. The molecular formula is C13H12N4O3. The zero-order valence-electron chi connectivity index (χ0n) is 10.8. The Bertz CT molecular complexity index is 613. The minimum Gasteiger partial charge on any atom is -0.480 e. The number of carbonyl (C=O) groups is 2. The number of hydrogen-bond acceptors (Lipinski definition) is 4. The lowest BCUT2D eigenvalue weighted by molar-refractivity contribution is -0.137. The minimum atomic E-state index is -1.11. The molecule has 0 heterocycles. The van der Waals surface area contributed by atoms with Gasteiger partial charge in [0.15, 0.2) is 0 Å². The fraction of sp³-hybridized carbons (Fsp3) is 0.231. The third-order valence-corrected chi connectivity index (χ3v) is 2.51. The van der Waals surface area contributed by atoms with Crippen LogP contribution in [0, 0.1) is 22.7 Å². The van der Waals surface area contributed by atoms with Gasteiger partial charge in [0, 0.05) is 12.2 Å². The van der Waals surface area contributed by atoms with Crippen LogP contribution in [0.1, 0.15) is 18.1 Å². The van der Waals surface area contributed by atoms with Crippen LogP contribution >= 0.6 is 0 Å². The second-order valence-corrected chi connectivity index (χ2v) is 3.82. The summed E-state index contributed by atoms with van der Waals surface area (Å²) in [6.07, 6.45) is 0. The molecule has 0 aliphatic carbocycles. The Morgan fingerprint density at radius 2 is 1.95 bits per heavy atom. The SMILES string of the molecule is CCN(CC(=O)O)C(=O)Nc1ccc(C#N)c(C#N)c1. The molecule has 0 spiro atoms. The van der Waals surface area contributed by atoms with Crippen molar-refractivity contribution >= 4 is 17.7 Å². The van der Waals surface area contributed by atoms with Gasteiger partial charge in [0.2, 0.25) is 0 Å². The summed E-state index contributed by atoms with van der Waals surface area (Å²) in [4.78, 5) is 23.5. The third kappa shape index (κ3) is 3.72. The highest BCUT2D eigenvalue weighted by Crippen LogP contribution is 2.15. The van der Waals surface area contributed by atoms with E-state index in [0.717, 1.165) is 4.90 Å². The van der Waals surface area contributed by atoms with Crippen molar-refractivity contribution in [2.45, 2.75) is 6.92 Å². The van der Waals surface area contributed by atoms with Crippen molar-refractivity contribution in [2.75, 3.05) is 18.4 Å². The maximum Gasteiger partial charge on any atom is 0.323 e. The van der Waals surface area contributed by atoms with Crippen molar-refractivity contribution in [1.29, 1.82) is 10.5 Å². The van der Waals surface area contributed by atoms with Crippen LogP contribution in [-0.4, -0.2) is 35.1 Å².